The summed E-state index contributed by atoms with van der Waals surface area (Å²) in [6.45, 7) is 0.989. The molecule has 1 aliphatic heterocycles. The Bertz CT molecular complexity index is 423. The number of methoxy groups -OCH3 is 2. The van der Waals surface area contributed by atoms with E-state index >= 15 is 0 Å². The molecule has 1 heterocycles. The predicted molar refractivity (Wildman–Crippen MR) is 72.0 cm³/mol. The lowest BCUT2D eigenvalue weighted by Crippen LogP contribution is -2.46. The summed E-state index contributed by atoms with van der Waals surface area (Å²) in [7, 11) is 2.97. The van der Waals surface area contributed by atoms with E-state index in [1.165, 1.54) is 7.11 Å². The van der Waals surface area contributed by atoms with Crippen LogP contribution in [0.25, 0.3) is 0 Å². The van der Waals surface area contributed by atoms with Gasteiger partial charge in [0.25, 0.3) is 0 Å². The van der Waals surface area contributed by atoms with Crippen LogP contribution in [-0.4, -0.2) is 40.0 Å². The van der Waals surface area contributed by atoms with Gasteiger partial charge in [-0.1, -0.05) is 30.3 Å². The number of hydrogen-bond donors (Lipinski definition) is 0. The van der Waals surface area contributed by atoms with Gasteiger partial charge in [-0.25, -0.2) is 0 Å². The number of carbonyl (C=O) groups is 1. The topological polar surface area (TPSA) is 54.0 Å². The fraction of sp³-hybridized carbons (Fsp3) is 0.533. The minimum Gasteiger partial charge on any atom is -0.468 e. The molecule has 110 valence electrons. The summed E-state index contributed by atoms with van der Waals surface area (Å²) in [5.74, 6) is -0.318. The molecule has 0 aromatic heterocycles. The third kappa shape index (κ3) is 3.17. The normalized spacial score (nSPS) is 26.2. The Hall–Kier alpha value is -1.43. The van der Waals surface area contributed by atoms with Crippen LogP contribution in [0, 0.1) is 5.41 Å². The predicted octanol–water partition coefficient (Wildman–Crippen LogP) is 1.93. The van der Waals surface area contributed by atoms with Crippen molar-refractivity contribution in [3.8, 4) is 0 Å². The fourth-order valence-electron chi connectivity index (χ4n) is 2.24. The molecule has 5 nitrogen and oxygen atoms in total. The molecule has 1 aromatic carbocycles. The van der Waals surface area contributed by atoms with Crippen molar-refractivity contribution >= 4 is 5.97 Å². The first kappa shape index (κ1) is 15.0. The summed E-state index contributed by atoms with van der Waals surface area (Å²) in [6.07, 6.45) is 0.0778. The summed E-state index contributed by atoms with van der Waals surface area (Å²) < 4.78 is 21.4. The molecule has 0 bridgehead atoms. The zero-order valence-corrected chi connectivity index (χ0v) is 11.8. The third-order valence-electron chi connectivity index (χ3n) is 3.50. The van der Waals surface area contributed by atoms with Gasteiger partial charge in [-0.2, -0.15) is 0 Å². The van der Waals surface area contributed by atoms with Crippen LogP contribution in [0.1, 0.15) is 18.3 Å². The highest BCUT2D eigenvalue weighted by atomic mass is 16.7. The molecular weight excluding hydrogens is 260 g/mol. The third-order valence-corrected chi connectivity index (χ3v) is 3.50. The van der Waals surface area contributed by atoms with Gasteiger partial charge >= 0.3 is 5.97 Å². The van der Waals surface area contributed by atoms with Gasteiger partial charge in [-0.05, 0) is 6.42 Å². The molecule has 0 radical (unpaired) electrons. The molecule has 0 unspecified atom stereocenters. The maximum Gasteiger partial charge on any atom is 0.316 e. The summed E-state index contributed by atoms with van der Waals surface area (Å²) >= 11 is 0. The maximum atomic E-state index is 12.0. The maximum absolute atomic E-state index is 12.0. The first-order valence-electron chi connectivity index (χ1n) is 6.57. The van der Waals surface area contributed by atoms with Crippen LogP contribution in [0.5, 0.6) is 0 Å². The Morgan fingerprint density at radius 2 is 1.90 bits per heavy atom. The molecule has 5 heteroatoms. The Morgan fingerprint density at radius 3 is 2.45 bits per heavy atom. The molecule has 1 aliphatic rings. The molecule has 0 aliphatic carbocycles. The Balaban J connectivity index is 2.04. The van der Waals surface area contributed by atoms with Crippen molar-refractivity contribution in [1.29, 1.82) is 0 Å². The minimum atomic E-state index is -0.782. The molecule has 2 rings (SSSR count). The van der Waals surface area contributed by atoms with Gasteiger partial charge in [0.1, 0.15) is 5.41 Å². The lowest BCUT2D eigenvalue weighted by atomic mass is 9.85. The van der Waals surface area contributed by atoms with Crippen LogP contribution < -0.4 is 0 Å². The Kier molecular flexibility index (Phi) is 5.11. The van der Waals surface area contributed by atoms with Crippen molar-refractivity contribution in [3.63, 3.8) is 0 Å². The monoisotopic (exact) mass is 280 g/mol. The van der Waals surface area contributed by atoms with E-state index in [4.69, 9.17) is 18.9 Å². The Labute approximate surface area is 118 Å². The molecule has 0 N–H and O–H groups in total. The van der Waals surface area contributed by atoms with Crippen LogP contribution >= 0.6 is 0 Å². The molecule has 1 aromatic rings. The number of hydrogen-bond acceptors (Lipinski definition) is 5. The SMILES string of the molecule is COCCC1(C(=O)OC)COC(c2ccccc2)OC1. The van der Waals surface area contributed by atoms with E-state index in [1.54, 1.807) is 7.11 Å². The molecule has 1 saturated heterocycles. The molecule has 0 atom stereocenters. The fourth-order valence-corrected chi connectivity index (χ4v) is 2.24. The number of rotatable bonds is 5. The highest BCUT2D eigenvalue weighted by Crippen LogP contribution is 2.35. The van der Waals surface area contributed by atoms with Gasteiger partial charge in [0, 0.05) is 19.3 Å². The first-order chi connectivity index (χ1) is 9.72. The minimum absolute atomic E-state index is 0.266. The smallest absolute Gasteiger partial charge is 0.316 e. The van der Waals surface area contributed by atoms with Crippen molar-refractivity contribution in [2.24, 2.45) is 5.41 Å². The van der Waals surface area contributed by atoms with Crippen molar-refractivity contribution < 1.29 is 23.7 Å². The van der Waals surface area contributed by atoms with Gasteiger partial charge < -0.3 is 18.9 Å². The lowest BCUT2D eigenvalue weighted by Gasteiger charge is -2.37. The van der Waals surface area contributed by atoms with E-state index in [9.17, 15) is 4.79 Å². The van der Waals surface area contributed by atoms with Crippen LogP contribution in [0.3, 0.4) is 0 Å². The van der Waals surface area contributed by atoms with Crippen molar-refractivity contribution in [2.45, 2.75) is 12.7 Å². The lowest BCUT2D eigenvalue weighted by molar-refractivity contribution is -0.241. The second-order valence-corrected chi connectivity index (χ2v) is 4.88. The van der Waals surface area contributed by atoms with Crippen LogP contribution in [0.2, 0.25) is 0 Å². The second kappa shape index (κ2) is 6.83. The summed E-state index contributed by atoms with van der Waals surface area (Å²) in [4.78, 5) is 12.0. The van der Waals surface area contributed by atoms with E-state index in [1.807, 2.05) is 30.3 Å². The van der Waals surface area contributed by atoms with Gasteiger partial charge in [-0.3, -0.25) is 4.79 Å². The van der Waals surface area contributed by atoms with E-state index in [0.717, 1.165) is 5.56 Å². The number of carbonyl (C=O) groups excluding carboxylic acids is 1. The van der Waals surface area contributed by atoms with Crippen LogP contribution in [-0.2, 0) is 23.7 Å². The van der Waals surface area contributed by atoms with Crippen molar-refractivity contribution in [1.82, 2.24) is 0 Å². The second-order valence-electron chi connectivity index (χ2n) is 4.88. The van der Waals surface area contributed by atoms with Gasteiger partial charge in [0.05, 0.1) is 20.3 Å². The standard InChI is InChI=1S/C15H20O5/c1-17-9-8-15(14(16)18-2)10-19-13(20-11-15)12-6-4-3-5-7-12/h3-7,13H,8-11H2,1-2H3. The average molecular weight is 280 g/mol. The number of esters is 1. The highest BCUT2D eigenvalue weighted by molar-refractivity contribution is 5.77. The summed E-state index contributed by atoms with van der Waals surface area (Å²) in [5.41, 5.74) is 0.161. The van der Waals surface area contributed by atoms with Gasteiger partial charge in [0.15, 0.2) is 6.29 Å². The summed E-state index contributed by atoms with van der Waals surface area (Å²) in [6, 6.07) is 9.66. The van der Waals surface area contributed by atoms with Crippen LogP contribution in [0.15, 0.2) is 30.3 Å². The van der Waals surface area contributed by atoms with E-state index < -0.39 is 11.7 Å². The average Bonchev–Trinajstić information content (AvgIpc) is 2.53. The molecule has 1 fully saturated rings. The van der Waals surface area contributed by atoms with E-state index in [2.05, 4.69) is 0 Å². The van der Waals surface area contributed by atoms with Gasteiger partial charge in [-0.15, -0.1) is 0 Å². The van der Waals surface area contributed by atoms with Crippen LogP contribution in [0.4, 0.5) is 0 Å². The van der Waals surface area contributed by atoms with Crippen molar-refractivity contribution in [2.75, 3.05) is 34.0 Å². The number of benzene rings is 1. The molecular formula is C15H20O5. The Morgan fingerprint density at radius 1 is 1.25 bits per heavy atom. The first-order valence-corrected chi connectivity index (χ1v) is 6.57. The zero-order chi connectivity index (χ0) is 14.4. The molecule has 0 saturated carbocycles. The molecule has 20 heavy (non-hydrogen) atoms. The van der Waals surface area contributed by atoms with Gasteiger partial charge in [0.2, 0.25) is 0 Å². The molecule has 0 amide bonds. The quantitative estimate of drug-likeness (QED) is 0.771. The molecule has 0 spiro atoms. The summed E-state index contributed by atoms with van der Waals surface area (Å²) in [5, 5.41) is 0. The largest absolute Gasteiger partial charge is 0.468 e. The highest BCUT2D eigenvalue weighted by Gasteiger charge is 2.44. The van der Waals surface area contributed by atoms with E-state index in [0.29, 0.717) is 13.0 Å². The number of ether oxygens (including phenoxy) is 4. The van der Waals surface area contributed by atoms with Crippen molar-refractivity contribution in [3.05, 3.63) is 35.9 Å². The zero-order valence-electron chi connectivity index (χ0n) is 11.8. The van der Waals surface area contributed by atoms with E-state index in [-0.39, 0.29) is 19.2 Å².